The van der Waals surface area contributed by atoms with Crippen molar-refractivity contribution in [3.63, 3.8) is 0 Å². The van der Waals surface area contributed by atoms with Crippen molar-refractivity contribution < 1.29 is 9.53 Å². The van der Waals surface area contributed by atoms with E-state index in [1.165, 1.54) is 0 Å². The number of hydrazone groups is 1. The highest BCUT2D eigenvalue weighted by molar-refractivity contribution is 6.31. The molecule has 1 aromatic heterocycles. The summed E-state index contributed by atoms with van der Waals surface area (Å²) in [5.74, 6) is 0.312. The van der Waals surface area contributed by atoms with Crippen molar-refractivity contribution >= 4 is 23.7 Å². The molecule has 6 nitrogen and oxygen atoms in total. The van der Waals surface area contributed by atoms with Crippen LogP contribution < -0.4 is 10.2 Å². The Balaban J connectivity index is 1.27. The van der Waals surface area contributed by atoms with Crippen LogP contribution in [0.5, 0.6) is 5.75 Å². The molecule has 39 heavy (non-hydrogen) atoms. The fourth-order valence-corrected chi connectivity index (χ4v) is 4.14. The molecular formula is C32H27ClN4O2. The van der Waals surface area contributed by atoms with Crippen molar-refractivity contribution in [3.8, 4) is 22.7 Å². The number of aromatic nitrogens is 2. The van der Waals surface area contributed by atoms with Crippen LogP contribution in [-0.4, -0.2) is 21.9 Å². The SMILES string of the molecule is Cc1ccc(-c2cc(C(=O)N/N=C\c3ccc(OCc4ccccc4Cl)cc3)nn2-c2ccc(C)cc2)cc1. The molecular weight excluding hydrogens is 508 g/mol. The van der Waals surface area contributed by atoms with E-state index in [4.69, 9.17) is 16.3 Å². The molecule has 0 aliphatic rings. The molecule has 0 atom stereocenters. The summed E-state index contributed by atoms with van der Waals surface area (Å²) in [4.78, 5) is 12.9. The number of nitrogens with one attached hydrogen (secondary N) is 1. The van der Waals surface area contributed by atoms with Gasteiger partial charge in [-0.15, -0.1) is 0 Å². The van der Waals surface area contributed by atoms with E-state index >= 15 is 0 Å². The number of hydrogen-bond acceptors (Lipinski definition) is 4. The second-order valence-corrected chi connectivity index (χ2v) is 9.58. The van der Waals surface area contributed by atoms with E-state index in [0.29, 0.717) is 17.4 Å². The van der Waals surface area contributed by atoms with Gasteiger partial charge in [0.05, 0.1) is 17.6 Å². The largest absolute Gasteiger partial charge is 0.489 e. The van der Waals surface area contributed by atoms with Gasteiger partial charge in [-0.1, -0.05) is 77.3 Å². The molecule has 0 fully saturated rings. The average molecular weight is 535 g/mol. The molecule has 0 saturated carbocycles. The van der Waals surface area contributed by atoms with Crippen molar-refractivity contribution in [2.24, 2.45) is 5.10 Å². The second-order valence-electron chi connectivity index (χ2n) is 9.18. The van der Waals surface area contributed by atoms with Gasteiger partial charge in [0.2, 0.25) is 0 Å². The molecule has 0 aliphatic carbocycles. The topological polar surface area (TPSA) is 68.5 Å². The average Bonchev–Trinajstić information content (AvgIpc) is 3.40. The van der Waals surface area contributed by atoms with Crippen LogP contribution in [0.3, 0.4) is 0 Å². The van der Waals surface area contributed by atoms with Crippen LogP contribution in [-0.2, 0) is 6.61 Å². The Kier molecular flexibility index (Phi) is 7.85. The number of halogens is 1. The first-order valence-corrected chi connectivity index (χ1v) is 12.9. The predicted octanol–water partition coefficient (Wildman–Crippen LogP) is 7.15. The van der Waals surface area contributed by atoms with Crippen molar-refractivity contribution in [2.75, 3.05) is 0 Å². The fourth-order valence-electron chi connectivity index (χ4n) is 3.95. The van der Waals surface area contributed by atoms with Gasteiger partial charge in [-0.3, -0.25) is 4.79 Å². The molecule has 0 unspecified atom stereocenters. The third kappa shape index (κ3) is 6.43. The van der Waals surface area contributed by atoms with E-state index in [1.54, 1.807) is 17.0 Å². The maximum atomic E-state index is 12.9. The lowest BCUT2D eigenvalue weighted by Crippen LogP contribution is -2.18. The zero-order valence-electron chi connectivity index (χ0n) is 21.6. The second kappa shape index (κ2) is 11.8. The lowest BCUT2D eigenvalue weighted by molar-refractivity contribution is 0.0949. The Morgan fingerprint density at radius 3 is 2.28 bits per heavy atom. The molecule has 4 aromatic carbocycles. The minimum Gasteiger partial charge on any atom is -0.489 e. The smallest absolute Gasteiger partial charge is 0.291 e. The van der Waals surface area contributed by atoms with E-state index in [-0.39, 0.29) is 5.69 Å². The van der Waals surface area contributed by atoms with Crippen molar-refractivity contribution in [2.45, 2.75) is 20.5 Å². The van der Waals surface area contributed by atoms with Crippen LogP contribution in [0.2, 0.25) is 5.02 Å². The first kappa shape index (κ1) is 25.9. The van der Waals surface area contributed by atoms with Gasteiger partial charge < -0.3 is 4.74 Å². The molecule has 1 N–H and O–H groups in total. The predicted molar refractivity (Wildman–Crippen MR) is 156 cm³/mol. The summed E-state index contributed by atoms with van der Waals surface area (Å²) in [6.45, 7) is 4.45. The van der Waals surface area contributed by atoms with Crippen molar-refractivity contribution in [3.05, 3.63) is 136 Å². The highest BCUT2D eigenvalue weighted by atomic mass is 35.5. The summed E-state index contributed by atoms with van der Waals surface area (Å²) < 4.78 is 7.60. The fraction of sp³-hybridized carbons (Fsp3) is 0.0938. The maximum absolute atomic E-state index is 12.9. The molecule has 7 heteroatoms. The van der Waals surface area contributed by atoms with Crippen LogP contribution in [0.4, 0.5) is 0 Å². The third-order valence-electron chi connectivity index (χ3n) is 6.18. The monoisotopic (exact) mass is 534 g/mol. The van der Waals surface area contributed by atoms with Crippen LogP contribution in [0.15, 0.2) is 108 Å². The van der Waals surface area contributed by atoms with Gasteiger partial charge in [0.1, 0.15) is 12.4 Å². The van der Waals surface area contributed by atoms with Gasteiger partial charge >= 0.3 is 0 Å². The van der Waals surface area contributed by atoms with Crippen LogP contribution in [0, 0.1) is 13.8 Å². The maximum Gasteiger partial charge on any atom is 0.291 e. The Morgan fingerprint density at radius 2 is 1.59 bits per heavy atom. The molecule has 0 bridgehead atoms. The Morgan fingerprint density at radius 1 is 0.923 bits per heavy atom. The zero-order valence-corrected chi connectivity index (χ0v) is 22.4. The van der Waals surface area contributed by atoms with Crippen molar-refractivity contribution in [1.29, 1.82) is 0 Å². The summed E-state index contributed by atoms with van der Waals surface area (Å²) in [6, 6.07) is 32.9. The van der Waals surface area contributed by atoms with E-state index in [1.807, 2.05) is 111 Å². The summed E-state index contributed by atoms with van der Waals surface area (Å²) in [5.41, 5.74) is 9.55. The number of aryl methyl sites for hydroxylation is 2. The Labute approximate surface area is 232 Å². The van der Waals surface area contributed by atoms with Crippen molar-refractivity contribution in [1.82, 2.24) is 15.2 Å². The third-order valence-corrected chi connectivity index (χ3v) is 6.55. The van der Waals surface area contributed by atoms with Gasteiger partial charge in [0.25, 0.3) is 5.91 Å². The van der Waals surface area contributed by atoms with E-state index < -0.39 is 5.91 Å². The molecule has 0 aliphatic heterocycles. The minimum atomic E-state index is -0.398. The zero-order chi connectivity index (χ0) is 27.2. The lowest BCUT2D eigenvalue weighted by Gasteiger charge is -2.08. The normalized spacial score (nSPS) is 11.1. The summed E-state index contributed by atoms with van der Waals surface area (Å²) in [6.07, 6.45) is 1.58. The highest BCUT2D eigenvalue weighted by Gasteiger charge is 2.16. The van der Waals surface area contributed by atoms with Gasteiger partial charge in [-0.25, -0.2) is 10.1 Å². The summed E-state index contributed by atoms with van der Waals surface area (Å²) in [7, 11) is 0. The summed E-state index contributed by atoms with van der Waals surface area (Å²) >= 11 is 6.19. The van der Waals surface area contributed by atoms with Crippen LogP contribution in [0.25, 0.3) is 16.9 Å². The summed E-state index contributed by atoms with van der Waals surface area (Å²) in [5, 5.41) is 9.40. The number of carbonyl (C=O) groups excluding carboxylic acids is 1. The number of carbonyl (C=O) groups is 1. The van der Waals surface area contributed by atoms with E-state index in [2.05, 4.69) is 15.6 Å². The molecule has 0 radical (unpaired) electrons. The minimum absolute atomic E-state index is 0.270. The molecule has 5 rings (SSSR count). The van der Waals surface area contributed by atoms with Crippen LogP contribution in [0.1, 0.15) is 32.7 Å². The first-order chi connectivity index (χ1) is 19.0. The van der Waals surface area contributed by atoms with E-state index in [0.717, 1.165) is 39.2 Å². The number of hydrogen-bond donors (Lipinski definition) is 1. The Hall–Kier alpha value is -4.68. The number of nitrogens with zero attached hydrogens (tertiary/aromatic N) is 3. The molecule has 1 amide bonds. The quantitative estimate of drug-likeness (QED) is 0.170. The van der Waals surface area contributed by atoms with Crippen LogP contribution >= 0.6 is 11.6 Å². The Bertz CT molecular complexity index is 1540. The highest BCUT2D eigenvalue weighted by Crippen LogP contribution is 2.25. The number of rotatable bonds is 8. The first-order valence-electron chi connectivity index (χ1n) is 12.5. The molecule has 0 saturated heterocycles. The molecule has 194 valence electrons. The number of ether oxygens (including phenoxy) is 1. The van der Waals surface area contributed by atoms with Gasteiger partial charge in [0.15, 0.2) is 5.69 Å². The van der Waals surface area contributed by atoms with Gasteiger partial charge in [-0.05, 0) is 67.9 Å². The molecule has 5 aromatic rings. The van der Waals surface area contributed by atoms with Gasteiger partial charge in [-0.2, -0.15) is 10.2 Å². The van der Waals surface area contributed by atoms with E-state index in [9.17, 15) is 4.79 Å². The molecule has 1 heterocycles. The molecule has 0 spiro atoms. The van der Waals surface area contributed by atoms with Gasteiger partial charge in [0, 0.05) is 16.1 Å². The lowest BCUT2D eigenvalue weighted by atomic mass is 10.1. The standard InChI is InChI=1S/C32H27ClN4O2/c1-22-7-13-25(14-8-22)31-19-30(36-37(31)27-15-9-23(2)10-16-27)32(38)35-34-20-24-11-17-28(18-12-24)39-21-26-5-3-4-6-29(26)33/h3-20H,21H2,1-2H3,(H,35,38)/b34-20-. The number of benzene rings is 4. The number of amides is 1.